The molecule has 0 fully saturated rings. The Bertz CT molecular complexity index is 1120. The van der Waals surface area contributed by atoms with Crippen LogP contribution in [0, 0.1) is 0 Å². The van der Waals surface area contributed by atoms with Crippen molar-refractivity contribution in [1.82, 2.24) is 4.31 Å². The zero-order valence-electron chi connectivity index (χ0n) is 17.0. The average Bonchev–Trinajstić information content (AvgIpc) is 2.78. The Morgan fingerprint density at radius 2 is 1.61 bits per heavy atom. The molecule has 0 unspecified atom stereocenters. The van der Waals surface area contributed by atoms with Crippen LogP contribution in [0.25, 0.3) is 0 Å². The molecule has 0 aliphatic heterocycles. The lowest BCUT2D eigenvalue weighted by molar-refractivity contribution is -0.116. The van der Waals surface area contributed by atoms with Crippen molar-refractivity contribution in [1.29, 1.82) is 0 Å². The second-order valence-corrected chi connectivity index (χ2v) is 9.63. The predicted octanol–water partition coefficient (Wildman–Crippen LogP) is 4.33. The number of hydrogen-bond donors (Lipinski definition) is 1. The topological polar surface area (TPSA) is 75.7 Å². The van der Waals surface area contributed by atoms with Crippen LogP contribution in [0.2, 0.25) is 0 Å². The van der Waals surface area contributed by atoms with Gasteiger partial charge in [-0.25, -0.2) is 8.42 Å². The number of nitrogens with zero attached hydrogens (tertiary/aromatic N) is 1. The van der Waals surface area contributed by atoms with Gasteiger partial charge in [-0.2, -0.15) is 4.31 Å². The fourth-order valence-electron chi connectivity index (χ4n) is 3.04. The first-order valence-electron chi connectivity index (χ1n) is 9.62. The Hall–Kier alpha value is -2.68. The van der Waals surface area contributed by atoms with Gasteiger partial charge < -0.3 is 10.1 Å². The number of amides is 1. The van der Waals surface area contributed by atoms with Crippen LogP contribution in [0.3, 0.4) is 0 Å². The number of benzene rings is 3. The van der Waals surface area contributed by atoms with Gasteiger partial charge in [0.15, 0.2) is 0 Å². The summed E-state index contributed by atoms with van der Waals surface area (Å²) in [5.74, 6) is 0.0562. The fraction of sp³-hybridized carbons (Fsp3) is 0.174. The van der Waals surface area contributed by atoms with Crippen molar-refractivity contribution in [3.8, 4) is 5.75 Å². The molecule has 1 N–H and O–H groups in total. The zero-order chi connectivity index (χ0) is 22.3. The van der Waals surface area contributed by atoms with Crippen molar-refractivity contribution in [2.75, 3.05) is 25.5 Å². The highest BCUT2D eigenvalue weighted by Crippen LogP contribution is 2.24. The summed E-state index contributed by atoms with van der Waals surface area (Å²) < 4.78 is 33.8. The van der Waals surface area contributed by atoms with E-state index < -0.39 is 15.9 Å². The number of nitrogens with one attached hydrogen (secondary N) is 1. The quantitative estimate of drug-likeness (QED) is 0.472. The number of para-hydroxylation sites is 2. The summed E-state index contributed by atoms with van der Waals surface area (Å²) in [6.45, 7) is -0.148. The highest BCUT2D eigenvalue weighted by Gasteiger charge is 2.26. The van der Waals surface area contributed by atoms with E-state index in [4.69, 9.17) is 4.74 Å². The van der Waals surface area contributed by atoms with Gasteiger partial charge in [-0.15, -0.1) is 0 Å². The largest absolute Gasteiger partial charge is 0.495 e. The van der Waals surface area contributed by atoms with E-state index in [-0.39, 0.29) is 18.0 Å². The van der Waals surface area contributed by atoms with E-state index in [9.17, 15) is 13.2 Å². The molecule has 0 bridgehead atoms. The number of carbonyl (C=O) groups is 1. The van der Waals surface area contributed by atoms with Crippen LogP contribution in [-0.2, 0) is 21.2 Å². The number of sulfonamides is 1. The number of anilines is 1. The minimum absolute atomic E-state index is 0.133. The molecule has 0 saturated carbocycles. The molecule has 0 atom stereocenters. The molecule has 1 amide bonds. The van der Waals surface area contributed by atoms with Gasteiger partial charge in [-0.1, -0.05) is 58.4 Å². The molecular formula is C23H23BrN2O4S. The molecule has 162 valence electrons. The molecule has 0 aliphatic carbocycles. The molecule has 31 heavy (non-hydrogen) atoms. The molecule has 3 rings (SSSR count). The van der Waals surface area contributed by atoms with Crippen molar-refractivity contribution in [2.45, 2.75) is 11.3 Å². The van der Waals surface area contributed by atoms with Gasteiger partial charge in [0, 0.05) is 11.0 Å². The Morgan fingerprint density at radius 1 is 0.968 bits per heavy atom. The summed E-state index contributed by atoms with van der Waals surface area (Å²) in [6.07, 6.45) is 0.485. The van der Waals surface area contributed by atoms with E-state index in [1.54, 1.807) is 36.4 Å². The lowest BCUT2D eigenvalue weighted by Crippen LogP contribution is -2.39. The first-order valence-corrected chi connectivity index (χ1v) is 11.9. The van der Waals surface area contributed by atoms with Crippen LogP contribution < -0.4 is 10.1 Å². The summed E-state index contributed by atoms with van der Waals surface area (Å²) >= 11 is 3.32. The van der Waals surface area contributed by atoms with Crippen LogP contribution in [0.4, 0.5) is 5.69 Å². The second-order valence-electron chi connectivity index (χ2n) is 6.78. The molecule has 0 heterocycles. The van der Waals surface area contributed by atoms with E-state index in [1.165, 1.54) is 23.5 Å². The number of ether oxygens (including phenoxy) is 1. The zero-order valence-corrected chi connectivity index (χ0v) is 19.4. The number of methoxy groups -OCH3 is 1. The number of hydrogen-bond acceptors (Lipinski definition) is 4. The molecular weight excluding hydrogens is 480 g/mol. The maximum absolute atomic E-state index is 13.3. The fourth-order valence-corrected chi connectivity index (χ4v) is 4.70. The predicted molar refractivity (Wildman–Crippen MR) is 125 cm³/mol. The van der Waals surface area contributed by atoms with Gasteiger partial charge in [-0.3, -0.25) is 4.79 Å². The van der Waals surface area contributed by atoms with Crippen molar-refractivity contribution < 1.29 is 17.9 Å². The standard InChI is InChI=1S/C23H23BrN2O4S/c1-30-22-10-6-5-9-21(22)25-23(27)17-26(16-15-18-7-3-2-4-8-18)31(28,29)20-13-11-19(24)12-14-20/h2-14H,15-17H2,1H3,(H,25,27). The normalized spacial score (nSPS) is 11.3. The van der Waals surface area contributed by atoms with Crippen LogP contribution >= 0.6 is 15.9 Å². The minimum atomic E-state index is -3.87. The van der Waals surface area contributed by atoms with E-state index in [0.29, 0.717) is 17.9 Å². The first kappa shape index (κ1) is 23.0. The second kappa shape index (κ2) is 10.6. The Kier molecular flexibility index (Phi) is 7.84. The number of rotatable bonds is 9. The Morgan fingerprint density at radius 3 is 2.29 bits per heavy atom. The third kappa shape index (κ3) is 6.16. The van der Waals surface area contributed by atoms with Crippen molar-refractivity contribution in [3.63, 3.8) is 0 Å². The number of halogens is 1. The maximum atomic E-state index is 13.3. The maximum Gasteiger partial charge on any atom is 0.243 e. The average molecular weight is 503 g/mol. The van der Waals surface area contributed by atoms with Crippen molar-refractivity contribution in [3.05, 3.63) is 88.9 Å². The summed E-state index contributed by atoms with van der Waals surface area (Å²) in [5.41, 5.74) is 1.47. The van der Waals surface area contributed by atoms with Gasteiger partial charge in [0.2, 0.25) is 15.9 Å². The molecule has 0 spiro atoms. The third-order valence-corrected chi connectivity index (χ3v) is 7.03. The summed E-state index contributed by atoms with van der Waals surface area (Å²) in [4.78, 5) is 12.9. The molecule has 8 heteroatoms. The molecule has 6 nitrogen and oxygen atoms in total. The molecule has 0 aromatic heterocycles. The monoisotopic (exact) mass is 502 g/mol. The van der Waals surface area contributed by atoms with Gasteiger partial charge in [0.05, 0.1) is 24.2 Å². The Labute approximate surface area is 191 Å². The molecule has 0 aliphatic rings. The van der Waals surface area contributed by atoms with E-state index >= 15 is 0 Å². The smallest absolute Gasteiger partial charge is 0.243 e. The SMILES string of the molecule is COc1ccccc1NC(=O)CN(CCc1ccccc1)S(=O)(=O)c1ccc(Br)cc1. The number of carbonyl (C=O) groups excluding carboxylic acids is 1. The van der Waals surface area contributed by atoms with Crippen LogP contribution in [-0.4, -0.2) is 38.8 Å². The molecule has 3 aromatic rings. The Balaban J connectivity index is 1.82. The third-order valence-electron chi connectivity index (χ3n) is 4.65. The summed E-state index contributed by atoms with van der Waals surface area (Å²) in [5, 5.41) is 2.75. The van der Waals surface area contributed by atoms with Gasteiger partial charge in [0.1, 0.15) is 5.75 Å². The van der Waals surface area contributed by atoms with Gasteiger partial charge >= 0.3 is 0 Å². The molecule has 0 radical (unpaired) electrons. The van der Waals surface area contributed by atoms with Gasteiger partial charge in [0.25, 0.3) is 0 Å². The van der Waals surface area contributed by atoms with Crippen LogP contribution in [0.15, 0.2) is 88.2 Å². The highest BCUT2D eigenvalue weighted by atomic mass is 79.9. The lowest BCUT2D eigenvalue weighted by Gasteiger charge is -2.22. The van der Waals surface area contributed by atoms with Crippen LogP contribution in [0.5, 0.6) is 5.75 Å². The first-order chi connectivity index (χ1) is 14.9. The molecule has 0 saturated heterocycles. The van der Waals surface area contributed by atoms with Gasteiger partial charge in [-0.05, 0) is 48.4 Å². The molecule has 3 aromatic carbocycles. The minimum Gasteiger partial charge on any atom is -0.495 e. The summed E-state index contributed by atoms with van der Waals surface area (Å²) in [7, 11) is -2.36. The van der Waals surface area contributed by atoms with E-state index in [0.717, 1.165) is 10.0 Å². The van der Waals surface area contributed by atoms with Crippen molar-refractivity contribution >= 4 is 37.5 Å². The lowest BCUT2D eigenvalue weighted by atomic mass is 10.1. The van der Waals surface area contributed by atoms with E-state index in [1.807, 2.05) is 30.3 Å². The van der Waals surface area contributed by atoms with E-state index in [2.05, 4.69) is 21.2 Å². The summed E-state index contributed by atoms with van der Waals surface area (Å²) in [6, 6.07) is 22.9. The van der Waals surface area contributed by atoms with Crippen molar-refractivity contribution in [2.24, 2.45) is 0 Å². The highest BCUT2D eigenvalue weighted by molar-refractivity contribution is 9.10. The van der Waals surface area contributed by atoms with Crippen LogP contribution in [0.1, 0.15) is 5.56 Å².